The summed E-state index contributed by atoms with van der Waals surface area (Å²) in [5, 5.41) is 0. The molecule has 134 valence electrons. The van der Waals surface area contributed by atoms with Crippen LogP contribution in [0.5, 0.6) is 0 Å². The average molecular weight is 480 g/mol. The number of hydrogen-bond acceptors (Lipinski definition) is 3. The Hall–Kier alpha value is -1.99. The van der Waals surface area contributed by atoms with Gasteiger partial charge in [-0.15, -0.1) is 0 Å². The molecule has 0 saturated heterocycles. The zero-order valence-electron chi connectivity index (χ0n) is 14.0. The van der Waals surface area contributed by atoms with Gasteiger partial charge in [-0.05, 0) is 35.9 Å². The van der Waals surface area contributed by atoms with E-state index < -0.39 is 0 Å². The number of carbonyl (C=O) groups excluding carboxylic acids is 3. The van der Waals surface area contributed by atoms with Crippen molar-refractivity contribution >= 4 is 49.6 Å². The van der Waals surface area contributed by atoms with E-state index in [1.807, 2.05) is 24.3 Å². The summed E-state index contributed by atoms with van der Waals surface area (Å²) in [6.45, 7) is 0.550. The van der Waals surface area contributed by atoms with Crippen LogP contribution < -0.4 is 0 Å². The summed E-state index contributed by atoms with van der Waals surface area (Å²) < 4.78 is 1.72. The van der Waals surface area contributed by atoms with Crippen molar-refractivity contribution < 1.29 is 14.4 Å². The van der Waals surface area contributed by atoms with E-state index in [4.69, 9.17) is 0 Å². The third kappa shape index (κ3) is 3.88. The maximum Gasteiger partial charge on any atom is 0.261 e. The van der Waals surface area contributed by atoms with Gasteiger partial charge in [-0.3, -0.25) is 19.3 Å². The second kappa shape index (κ2) is 7.72. The van der Waals surface area contributed by atoms with E-state index in [2.05, 4.69) is 31.9 Å². The minimum Gasteiger partial charge on any atom is -0.341 e. The summed E-state index contributed by atoms with van der Waals surface area (Å²) in [6.07, 6.45) is 0.0969. The molecule has 3 rings (SSSR count). The van der Waals surface area contributed by atoms with Crippen LogP contribution in [0.25, 0.3) is 0 Å². The summed E-state index contributed by atoms with van der Waals surface area (Å²) in [5.41, 5.74) is 1.77. The summed E-state index contributed by atoms with van der Waals surface area (Å²) in [7, 11) is 1.71. The number of nitrogens with zero attached hydrogens (tertiary/aromatic N) is 2. The normalized spacial score (nSPS) is 13.1. The number of imide groups is 1. The van der Waals surface area contributed by atoms with Crippen molar-refractivity contribution in [1.82, 2.24) is 9.80 Å². The molecule has 5 nitrogen and oxygen atoms in total. The minimum atomic E-state index is -0.352. The number of carbonyl (C=O) groups is 3. The minimum absolute atomic E-state index is 0.0769. The third-order valence-electron chi connectivity index (χ3n) is 4.24. The van der Waals surface area contributed by atoms with E-state index in [1.54, 1.807) is 30.1 Å². The molecule has 0 bridgehead atoms. The highest BCUT2D eigenvalue weighted by atomic mass is 79.9. The van der Waals surface area contributed by atoms with Crippen LogP contribution in [0.4, 0.5) is 0 Å². The molecule has 3 amide bonds. The predicted octanol–water partition coefficient (Wildman–Crippen LogP) is 3.86. The molecule has 0 aliphatic carbocycles. The Kier molecular flexibility index (Phi) is 5.58. The van der Waals surface area contributed by atoms with Crippen molar-refractivity contribution in [2.75, 3.05) is 13.6 Å². The van der Waals surface area contributed by atoms with Crippen molar-refractivity contribution in [3.8, 4) is 0 Å². The van der Waals surface area contributed by atoms with E-state index in [0.29, 0.717) is 17.7 Å². The Balaban J connectivity index is 1.60. The molecule has 0 atom stereocenters. The van der Waals surface area contributed by atoms with Crippen LogP contribution >= 0.6 is 31.9 Å². The Labute approximate surface area is 168 Å². The summed E-state index contributed by atoms with van der Waals surface area (Å²) in [5.74, 6) is -0.818. The highest BCUT2D eigenvalue weighted by molar-refractivity contribution is 9.10. The molecule has 0 aromatic heterocycles. The van der Waals surface area contributed by atoms with Gasteiger partial charge < -0.3 is 4.90 Å². The highest BCUT2D eigenvalue weighted by Gasteiger charge is 2.35. The molecule has 0 unspecified atom stereocenters. The van der Waals surface area contributed by atoms with Gasteiger partial charge in [0.15, 0.2) is 0 Å². The Bertz CT molecular complexity index is 881. The number of fused-ring (bicyclic) bond motifs is 1. The van der Waals surface area contributed by atoms with Crippen LogP contribution in [0, 0.1) is 0 Å². The van der Waals surface area contributed by atoms with Gasteiger partial charge in [-0.2, -0.15) is 0 Å². The van der Waals surface area contributed by atoms with E-state index in [9.17, 15) is 14.4 Å². The van der Waals surface area contributed by atoms with E-state index in [-0.39, 0.29) is 30.7 Å². The van der Waals surface area contributed by atoms with E-state index in [1.165, 1.54) is 0 Å². The van der Waals surface area contributed by atoms with Crippen molar-refractivity contribution in [1.29, 1.82) is 0 Å². The molecule has 1 heterocycles. The molecule has 0 N–H and O–H groups in total. The fraction of sp³-hybridized carbons (Fsp3) is 0.211. The SMILES string of the molecule is CN(Cc1ccc(Br)cc1)C(=O)CCN1C(=O)c2ccc(Br)cc2C1=O. The number of benzene rings is 2. The molecule has 0 fully saturated rings. The molecule has 0 spiro atoms. The van der Waals surface area contributed by atoms with Crippen LogP contribution in [-0.2, 0) is 11.3 Å². The molecule has 2 aromatic rings. The summed E-state index contributed by atoms with van der Waals surface area (Å²) in [4.78, 5) is 39.9. The molecule has 0 radical (unpaired) electrons. The maximum absolute atomic E-state index is 12.4. The molecule has 26 heavy (non-hydrogen) atoms. The second-order valence-corrected chi connectivity index (χ2v) is 7.91. The zero-order valence-corrected chi connectivity index (χ0v) is 17.2. The second-order valence-electron chi connectivity index (χ2n) is 6.08. The molecule has 1 aliphatic heterocycles. The van der Waals surface area contributed by atoms with E-state index >= 15 is 0 Å². The Morgan fingerprint density at radius 3 is 2.27 bits per heavy atom. The van der Waals surface area contributed by atoms with E-state index in [0.717, 1.165) is 19.4 Å². The lowest BCUT2D eigenvalue weighted by atomic mass is 10.1. The average Bonchev–Trinajstić information content (AvgIpc) is 2.85. The summed E-state index contributed by atoms with van der Waals surface area (Å²) in [6, 6.07) is 12.7. The molecular formula is C19H16Br2N2O3. The molecule has 2 aromatic carbocycles. The van der Waals surface area contributed by atoms with Crippen molar-refractivity contribution in [3.05, 3.63) is 68.1 Å². The van der Waals surface area contributed by atoms with Gasteiger partial charge in [0.2, 0.25) is 5.91 Å². The van der Waals surface area contributed by atoms with Crippen molar-refractivity contribution in [3.63, 3.8) is 0 Å². The molecule has 1 aliphatic rings. The first-order chi connectivity index (χ1) is 12.4. The first-order valence-electron chi connectivity index (χ1n) is 8.01. The van der Waals surface area contributed by atoms with Crippen LogP contribution in [0.2, 0.25) is 0 Å². The lowest BCUT2D eigenvalue weighted by Crippen LogP contribution is -2.35. The van der Waals surface area contributed by atoms with Crippen LogP contribution in [-0.4, -0.2) is 41.1 Å². The van der Waals surface area contributed by atoms with Gasteiger partial charge in [0.25, 0.3) is 11.8 Å². The largest absolute Gasteiger partial charge is 0.341 e. The fourth-order valence-corrected chi connectivity index (χ4v) is 3.44. The van der Waals surface area contributed by atoms with Gasteiger partial charge in [-0.1, -0.05) is 44.0 Å². The zero-order chi connectivity index (χ0) is 18.8. The number of hydrogen-bond donors (Lipinski definition) is 0. The topological polar surface area (TPSA) is 57.7 Å². The maximum atomic E-state index is 12.4. The standard InChI is InChI=1S/C19H16Br2N2O3/c1-22(11-12-2-4-13(20)5-3-12)17(24)8-9-23-18(25)15-7-6-14(21)10-16(15)19(23)26/h2-7,10H,8-9,11H2,1H3. The van der Waals surface area contributed by atoms with Crippen LogP contribution in [0.3, 0.4) is 0 Å². The van der Waals surface area contributed by atoms with Gasteiger partial charge in [0.1, 0.15) is 0 Å². The monoisotopic (exact) mass is 478 g/mol. The lowest BCUT2D eigenvalue weighted by molar-refractivity contribution is -0.130. The van der Waals surface area contributed by atoms with Crippen LogP contribution in [0.15, 0.2) is 51.4 Å². The highest BCUT2D eigenvalue weighted by Crippen LogP contribution is 2.26. The fourth-order valence-electron chi connectivity index (χ4n) is 2.82. The predicted molar refractivity (Wildman–Crippen MR) is 105 cm³/mol. The smallest absolute Gasteiger partial charge is 0.261 e. The van der Waals surface area contributed by atoms with Gasteiger partial charge >= 0.3 is 0 Å². The van der Waals surface area contributed by atoms with Gasteiger partial charge in [0.05, 0.1) is 11.1 Å². The van der Waals surface area contributed by atoms with Crippen molar-refractivity contribution in [2.45, 2.75) is 13.0 Å². The lowest BCUT2D eigenvalue weighted by Gasteiger charge is -2.19. The molecule has 7 heteroatoms. The first kappa shape index (κ1) is 18.8. The number of halogens is 2. The number of rotatable bonds is 5. The Morgan fingerprint density at radius 1 is 0.962 bits per heavy atom. The van der Waals surface area contributed by atoms with Gasteiger partial charge in [-0.25, -0.2) is 0 Å². The molecular weight excluding hydrogens is 464 g/mol. The van der Waals surface area contributed by atoms with Crippen molar-refractivity contribution in [2.24, 2.45) is 0 Å². The first-order valence-corrected chi connectivity index (χ1v) is 9.59. The number of amides is 3. The summed E-state index contributed by atoms with van der Waals surface area (Å²) >= 11 is 6.68. The Morgan fingerprint density at radius 2 is 1.58 bits per heavy atom. The molecule has 0 saturated carbocycles. The van der Waals surface area contributed by atoms with Gasteiger partial charge in [0, 0.05) is 35.5 Å². The van der Waals surface area contributed by atoms with Crippen LogP contribution in [0.1, 0.15) is 32.7 Å². The third-order valence-corrected chi connectivity index (χ3v) is 5.26. The quantitative estimate of drug-likeness (QED) is 0.612.